The van der Waals surface area contributed by atoms with Crippen LogP contribution in [0.4, 0.5) is 0 Å². The first-order valence-electron chi connectivity index (χ1n) is 6.23. The third-order valence-corrected chi connectivity index (χ3v) is 4.02. The highest BCUT2D eigenvalue weighted by atomic mass is 16.6. The summed E-state index contributed by atoms with van der Waals surface area (Å²) in [4.78, 5) is 0. The van der Waals surface area contributed by atoms with Crippen LogP contribution in [0.25, 0.3) is 0 Å². The highest BCUT2D eigenvalue weighted by molar-refractivity contribution is 5.49. The summed E-state index contributed by atoms with van der Waals surface area (Å²) < 4.78 is 6.08. The van der Waals surface area contributed by atoms with Crippen LogP contribution < -0.4 is 0 Å². The number of ether oxygens (including phenoxy) is 1. The zero-order valence-electron chi connectivity index (χ0n) is 9.60. The zero-order valence-corrected chi connectivity index (χ0v) is 9.60. The average Bonchev–Trinajstić information content (AvgIpc) is 3.16. The molecule has 1 aliphatic carbocycles. The second kappa shape index (κ2) is 3.21. The van der Waals surface area contributed by atoms with Crippen LogP contribution in [0, 0.1) is 0 Å². The molecule has 0 amide bonds. The fourth-order valence-corrected chi connectivity index (χ4v) is 3.17. The number of aryl methyl sites for hydroxylation is 1. The van der Waals surface area contributed by atoms with Crippen LogP contribution in [0.3, 0.4) is 0 Å². The molecular formula is C16H14O. The molecule has 2 aromatic carbocycles. The molecule has 0 unspecified atom stereocenters. The minimum atomic E-state index is -0.129. The predicted octanol–water partition coefficient (Wildman–Crippen LogP) is 3.28. The number of fused-ring (bicyclic) bond motifs is 3. The van der Waals surface area contributed by atoms with Gasteiger partial charge >= 0.3 is 0 Å². The molecule has 1 nitrogen and oxygen atoms in total. The van der Waals surface area contributed by atoms with Crippen LogP contribution in [0.15, 0.2) is 54.6 Å². The van der Waals surface area contributed by atoms with Crippen LogP contribution in [0.5, 0.6) is 0 Å². The van der Waals surface area contributed by atoms with E-state index in [2.05, 4.69) is 54.6 Å². The second-order valence-electron chi connectivity index (χ2n) is 4.90. The van der Waals surface area contributed by atoms with Crippen molar-refractivity contribution in [3.63, 3.8) is 0 Å². The van der Waals surface area contributed by atoms with E-state index in [-0.39, 0.29) is 5.60 Å². The molecule has 2 aliphatic rings. The second-order valence-corrected chi connectivity index (χ2v) is 4.90. The fraction of sp³-hybridized carbons (Fsp3) is 0.250. The van der Waals surface area contributed by atoms with Crippen molar-refractivity contribution in [3.8, 4) is 0 Å². The molecule has 1 aliphatic heterocycles. The summed E-state index contributed by atoms with van der Waals surface area (Å²) in [5, 5.41) is 0. The van der Waals surface area contributed by atoms with Crippen molar-refractivity contribution in [1.82, 2.24) is 0 Å². The van der Waals surface area contributed by atoms with Crippen molar-refractivity contribution in [2.75, 3.05) is 0 Å². The van der Waals surface area contributed by atoms with Crippen LogP contribution in [0.1, 0.15) is 23.1 Å². The molecule has 0 saturated carbocycles. The topological polar surface area (TPSA) is 12.5 Å². The predicted molar refractivity (Wildman–Crippen MR) is 66.9 cm³/mol. The molecule has 1 heterocycles. The Bertz CT molecular complexity index is 561. The monoisotopic (exact) mass is 222 g/mol. The highest BCUT2D eigenvalue weighted by Crippen LogP contribution is 2.56. The molecule has 4 rings (SSSR count). The summed E-state index contributed by atoms with van der Waals surface area (Å²) in [6.45, 7) is 0. The summed E-state index contributed by atoms with van der Waals surface area (Å²) in [5.41, 5.74) is 4.00. The van der Waals surface area contributed by atoms with E-state index in [1.54, 1.807) is 0 Å². The third-order valence-electron chi connectivity index (χ3n) is 4.02. The highest BCUT2D eigenvalue weighted by Gasteiger charge is 2.60. The van der Waals surface area contributed by atoms with E-state index in [0.717, 1.165) is 12.8 Å². The molecule has 2 atom stereocenters. The quantitative estimate of drug-likeness (QED) is 0.675. The number of benzene rings is 2. The molecule has 84 valence electrons. The Morgan fingerprint density at radius 3 is 2.59 bits per heavy atom. The number of epoxide rings is 1. The number of hydrogen-bond acceptors (Lipinski definition) is 1. The van der Waals surface area contributed by atoms with Gasteiger partial charge in [0.05, 0.1) is 6.10 Å². The standard InChI is InChI=1S/C16H14O/c1-2-7-13(8-3-1)16-14-9-5-4-6-12(14)10-11-15(16)17-16/h1-9,15H,10-11H2/t15-,16+/m0/s1. The molecule has 1 heteroatoms. The fourth-order valence-electron chi connectivity index (χ4n) is 3.17. The minimum absolute atomic E-state index is 0.129. The van der Waals surface area contributed by atoms with Gasteiger partial charge in [-0.1, -0.05) is 54.6 Å². The van der Waals surface area contributed by atoms with Gasteiger partial charge in [0.2, 0.25) is 0 Å². The van der Waals surface area contributed by atoms with Gasteiger partial charge in [0.25, 0.3) is 0 Å². The Hall–Kier alpha value is -1.60. The molecule has 17 heavy (non-hydrogen) atoms. The summed E-state index contributed by atoms with van der Waals surface area (Å²) >= 11 is 0. The molecule has 0 aromatic heterocycles. The van der Waals surface area contributed by atoms with Crippen molar-refractivity contribution in [2.45, 2.75) is 24.5 Å². The van der Waals surface area contributed by atoms with Gasteiger partial charge in [0.1, 0.15) is 5.60 Å². The lowest BCUT2D eigenvalue weighted by molar-refractivity contribution is 0.329. The molecule has 0 bridgehead atoms. The van der Waals surface area contributed by atoms with E-state index in [0.29, 0.717) is 6.10 Å². The van der Waals surface area contributed by atoms with Crippen molar-refractivity contribution >= 4 is 0 Å². The summed E-state index contributed by atoms with van der Waals surface area (Å²) in [5.74, 6) is 0. The van der Waals surface area contributed by atoms with Gasteiger partial charge in [-0.2, -0.15) is 0 Å². The van der Waals surface area contributed by atoms with E-state index in [4.69, 9.17) is 4.74 Å². The normalized spacial score (nSPS) is 29.3. The van der Waals surface area contributed by atoms with E-state index >= 15 is 0 Å². The lowest BCUT2D eigenvalue weighted by Crippen LogP contribution is -2.21. The maximum atomic E-state index is 6.08. The van der Waals surface area contributed by atoms with E-state index in [9.17, 15) is 0 Å². The minimum Gasteiger partial charge on any atom is -0.356 e. The molecule has 0 N–H and O–H groups in total. The van der Waals surface area contributed by atoms with Crippen molar-refractivity contribution < 1.29 is 4.74 Å². The van der Waals surface area contributed by atoms with Gasteiger partial charge in [-0.05, 0) is 29.5 Å². The first-order valence-corrected chi connectivity index (χ1v) is 6.23. The molecule has 2 aromatic rings. The Balaban J connectivity index is 1.92. The van der Waals surface area contributed by atoms with Crippen molar-refractivity contribution in [3.05, 3.63) is 71.3 Å². The third kappa shape index (κ3) is 1.18. The van der Waals surface area contributed by atoms with Crippen LogP contribution in [0.2, 0.25) is 0 Å². The van der Waals surface area contributed by atoms with Gasteiger partial charge < -0.3 is 4.74 Å². The smallest absolute Gasteiger partial charge is 0.145 e. The Labute approximate surface area is 101 Å². The van der Waals surface area contributed by atoms with E-state index in [1.807, 2.05) is 0 Å². The largest absolute Gasteiger partial charge is 0.356 e. The molecule has 1 fully saturated rings. The van der Waals surface area contributed by atoms with Crippen LogP contribution >= 0.6 is 0 Å². The molecule has 0 radical (unpaired) electrons. The lowest BCUT2D eigenvalue weighted by atomic mass is 9.79. The first-order chi connectivity index (χ1) is 8.41. The molecule has 1 saturated heterocycles. The summed E-state index contributed by atoms with van der Waals surface area (Å²) in [7, 11) is 0. The van der Waals surface area contributed by atoms with Gasteiger partial charge in [-0.25, -0.2) is 0 Å². The first kappa shape index (κ1) is 9.43. The Morgan fingerprint density at radius 2 is 1.71 bits per heavy atom. The maximum Gasteiger partial charge on any atom is 0.145 e. The Kier molecular flexibility index (Phi) is 1.78. The van der Waals surface area contributed by atoms with E-state index in [1.165, 1.54) is 16.7 Å². The van der Waals surface area contributed by atoms with Gasteiger partial charge in [-0.3, -0.25) is 0 Å². The van der Waals surface area contributed by atoms with Crippen molar-refractivity contribution in [1.29, 1.82) is 0 Å². The molecular weight excluding hydrogens is 208 g/mol. The summed E-state index contributed by atoms with van der Waals surface area (Å²) in [6, 6.07) is 19.3. The summed E-state index contributed by atoms with van der Waals surface area (Å²) in [6.07, 6.45) is 2.68. The molecule has 0 spiro atoms. The van der Waals surface area contributed by atoms with Gasteiger partial charge in [0, 0.05) is 0 Å². The SMILES string of the molecule is c1ccc([C@]23O[C@H]2CCc2ccccc23)cc1. The van der Waals surface area contributed by atoms with Gasteiger partial charge in [-0.15, -0.1) is 0 Å². The maximum absolute atomic E-state index is 6.08. The van der Waals surface area contributed by atoms with E-state index < -0.39 is 0 Å². The van der Waals surface area contributed by atoms with Crippen LogP contribution in [-0.4, -0.2) is 6.10 Å². The lowest BCUT2D eigenvalue weighted by Gasteiger charge is -2.21. The van der Waals surface area contributed by atoms with Crippen LogP contribution in [-0.2, 0) is 16.8 Å². The number of rotatable bonds is 1. The number of hydrogen-bond donors (Lipinski definition) is 0. The average molecular weight is 222 g/mol. The van der Waals surface area contributed by atoms with Gasteiger partial charge in [0.15, 0.2) is 0 Å². The van der Waals surface area contributed by atoms with Crippen molar-refractivity contribution in [2.24, 2.45) is 0 Å². The zero-order chi connectivity index (χ0) is 11.3. The Morgan fingerprint density at radius 1 is 0.941 bits per heavy atom.